The standard InChI is InChI=1S/C25H31NO3.ClH/c1-25(2)18-21-6-4-7-23(24(21)29-25)28-17-5-14-26-15-12-20(13-16-26)19-8-10-22(27-3)11-9-19;/h4,6-12H,5,13-18H2,1-3H3;1H. The van der Waals surface area contributed by atoms with Gasteiger partial charge in [-0.05, 0) is 56.0 Å². The highest BCUT2D eigenvalue weighted by atomic mass is 35.5. The molecule has 0 fully saturated rings. The van der Waals surface area contributed by atoms with Crippen molar-refractivity contribution in [2.24, 2.45) is 0 Å². The van der Waals surface area contributed by atoms with Crippen LogP contribution in [0, 0.1) is 0 Å². The van der Waals surface area contributed by atoms with E-state index in [0.717, 1.165) is 56.1 Å². The third-order valence-electron chi connectivity index (χ3n) is 5.69. The van der Waals surface area contributed by atoms with Gasteiger partial charge in [-0.3, -0.25) is 4.90 Å². The van der Waals surface area contributed by atoms with Crippen LogP contribution in [0.5, 0.6) is 17.2 Å². The number of fused-ring (bicyclic) bond motifs is 1. The zero-order valence-electron chi connectivity index (χ0n) is 18.1. The average molecular weight is 430 g/mol. The molecule has 2 aliphatic rings. The second kappa shape index (κ2) is 9.76. The SMILES string of the molecule is COc1ccc(C2=CCN(CCCOc3cccc4c3OC(C)(C)C4)CC2)cc1.Cl. The molecule has 0 spiro atoms. The molecule has 2 heterocycles. The first-order valence-corrected chi connectivity index (χ1v) is 10.5. The lowest BCUT2D eigenvalue weighted by Crippen LogP contribution is -2.30. The first-order chi connectivity index (χ1) is 14.0. The van der Waals surface area contributed by atoms with Crippen LogP contribution in [0.2, 0.25) is 0 Å². The molecule has 0 aromatic heterocycles. The molecule has 162 valence electrons. The van der Waals surface area contributed by atoms with E-state index in [1.54, 1.807) is 7.11 Å². The fraction of sp³-hybridized carbons (Fsp3) is 0.440. The summed E-state index contributed by atoms with van der Waals surface area (Å²) < 4.78 is 17.4. The highest BCUT2D eigenvalue weighted by molar-refractivity contribution is 5.85. The van der Waals surface area contributed by atoms with Crippen LogP contribution in [0.15, 0.2) is 48.5 Å². The van der Waals surface area contributed by atoms with Crippen LogP contribution in [-0.2, 0) is 6.42 Å². The minimum Gasteiger partial charge on any atom is -0.497 e. The van der Waals surface area contributed by atoms with Gasteiger partial charge in [0.05, 0.1) is 13.7 Å². The predicted octanol–water partition coefficient (Wildman–Crippen LogP) is 5.39. The van der Waals surface area contributed by atoms with E-state index in [1.165, 1.54) is 16.7 Å². The smallest absolute Gasteiger partial charge is 0.165 e. The van der Waals surface area contributed by atoms with E-state index in [0.29, 0.717) is 6.61 Å². The van der Waals surface area contributed by atoms with Gasteiger partial charge in [-0.15, -0.1) is 12.4 Å². The Labute approximate surface area is 186 Å². The molecule has 5 heteroatoms. The van der Waals surface area contributed by atoms with Crippen molar-refractivity contribution in [1.82, 2.24) is 4.90 Å². The Bertz CT molecular complexity index is 876. The van der Waals surface area contributed by atoms with Gasteiger partial charge in [0, 0.05) is 31.6 Å². The molecule has 2 aromatic carbocycles. The van der Waals surface area contributed by atoms with Crippen LogP contribution < -0.4 is 14.2 Å². The van der Waals surface area contributed by atoms with Gasteiger partial charge in [0.1, 0.15) is 11.4 Å². The van der Waals surface area contributed by atoms with Gasteiger partial charge in [-0.25, -0.2) is 0 Å². The third kappa shape index (κ3) is 5.30. The first-order valence-electron chi connectivity index (χ1n) is 10.5. The summed E-state index contributed by atoms with van der Waals surface area (Å²) >= 11 is 0. The number of ether oxygens (including phenoxy) is 3. The van der Waals surface area contributed by atoms with E-state index in [2.05, 4.69) is 49.1 Å². The molecule has 2 aliphatic heterocycles. The summed E-state index contributed by atoms with van der Waals surface area (Å²) in [7, 11) is 1.70. The topological polar surface area (TPSA) is 30.9 Å². The average Bonchev–Trinajstić information content (AvgIpc) is 3.06. The maximum Gasteiger partial charge on any atom is 0.165 e. The molecule has 4 nitrogen and oxygen atoms in total. The number of nitrogens with zero attached hydrogens (tertiary/aromatic N) is 1. The van der Waals surface area contributed by atoms with Gasteiger partial charge < -0.3 is 14.2 Å². The van der Waals surface area contributed by atoms with Crippen molar-refractivity contribution in [2.45, 2.75) is 38.7 Å². The molecule has 0 unspecified atom stereocenters. The Morgan fingerprint density at radius 2 is 1.90 bits per heavy atom. The molecule has 0 saturated carbocycles. The highest BCUT2D eigenvalue weighted by Gasteiger charge is 2.32. The van der Waals surface area contributed by atoms with Crippen molar-refractivity contribution in [2.75, 3.05) is 33.4 Å². The maximum atomic E-state index is 6.09. The van der Waals surface area contributed by atoms with E-state index < -0.39 is 0 Å². The molecule has 0 amide bonds. The lowest BCUT2D eigenvalue weighted by atomic mass is 9.99. The number of hydrogen-bond donors (Lipinski definition) is 0. The van der Waals surface area contributed by atoms with Gasteiger partial charge in [-0.2, -0.15) is 0 Å². The molecule has 0 aliphatic carbocycles. The largest absolute Gasteiger partial charge is 0.497 e. The monoisotopic (exact) mass is 429 g/mol. The molecule has 0 N–H and O–H groups in total. The quantitative estimate of drug-likeness (QED) is 0.552. The number of benzene rings is 2. The zero-order valence-corrected chi connectivity index (χ0v) is 19.0. The maximum absolute atomic E-state index is 6.09. The summed E-state index contributed by atoms with van der Waals surface area (Å²) in [5.74, 6) is 2.72. The molecule has 0 saturated heterocycles. The molecule has 0 atom stereocenters. The van der Waals surface area contributed by atoms with Crippen molar-refractivity contribution in [3.8, 4) is 17.2 Å². The lowest BCUT2D eigenvalue weighted by Gasteiger charge is -2.26. The zero-order chi connectivity index (χ0) is 20.3. The van der Waals surface area contributed by atoms with Crippen LogP contribution in [0.4, 0.5) is 0 Å². The van der Waals surface area contributed by atoms with Crippen LogP contribution in [0.1, 0.15) is 37.8 Å². The number of halogens is 1. The number of para-hydroxylation sites is 1. The Morgan fingerprint density at radius 1 is 1.10 bits per heavy atom. The Hall–Kier alpha value is -2.17. The molecular formula is C25H32ClNO3. The summed E-state index contributed by atoms with van der Waals surface area (Å²) in [5, 5.41) is 0. The fourth-order valence-electron chi connectivity index (χ4n) is 4.15. The summed E-state index contributed by atoms with van der Waals surface area (Å²) in [6, 6.07) is 14.6. The summed E-state index contributed by atoms with van der Waals surface area (Å²) in [6.45, 7) is 8.11. The van der Waals surface area contributed by atoms with Gasteiger partial charge in [0.25, 0.3) is 0 Å². The van der Waals surface area contributed by atoms with Crippen molar-refractivity contribution in [1.29, 1.82) is 0 Å². The highest BCUT2D eigenvalue weighted by Crippen LogP contribution is 2.41. The van der Waals surface area contributed by atoms with Crippen LogP contribution in [0.25, 0.3) is 5.57 Å². The van der Waals surface area contributed by atoms with E-state index >= 15 is 0 Å². The number of methoxy groups -OCH3 is 1. The lowest BCUT2D eigenvalue weighted by molar-refractivity contribution is 0.131. The number of hydrogen-bond acceptors (Lipinski definition) is 4. The van der Waals surface area contributed by atoms with Crippen molar-refractivity contribution < 1.29 is 14.2 Å². The van der Waals surface area contributed by atoms with Gasteiger partial charge in [-0.1, -0.05) is 30.3 Å². The summed E-state index contributed by atoms with van der Waals surface area (Å²) in [6.07, 6.45) is 5.39. The summed E-state index contributed by atoms with van der Waals surface area (Å²) in [4.78, 5) is 2.49. The molecule has 4 rings (SSSR count). The summed E-state index contributed by atoms with van der Waals surface area (Å²) in [5.41, 5.74) is 3.85. The van der Waals surface area contributed by atoms with Gasteiger partial charge in [0.2, 0.25) is 0 Å². The van der Waals surface area contributed by atoms with Gasteiger partial charge >= 0.3 is 0 Å². The van der Waals surface area contributed by atoms with E-state index in [9.17, 15) is 0 Å². The molecule has 30 heavy (non-hydrogen) atoms. The van der Waals surface area contributed by atoms with Crippen LogP contribution in [0.3, 0.4) is 0 Å². The second-order valence-electron chi connectivity index (χ2n) is 8.49. The second-order valence-corrected chi connectivity index (χ2v) is 8.49. The Morgan fingerprint density at radius 3 is 2.60 bits per heavy atom. The van der Waals surface area contributed by atoms with E-state index in [-0.39, 0.29) is 18.0 Å². The molecule has 0 bridgehead atoms. The predicted molar refractivity (Wildman–Crippen MR) is 124 cm³/mol. The molecule has 2 aromatic rings. The normalized spacial score (nSPS) is 17.4. The Kier molecular flexibility index (Phi) is 7.32. The Balaban J connectivity index is 0.00000256. The third-order valence-corrected chi connectivity index (χ3v) is 5.69. The van der Waals surface area contributed by atoms with Crippen LogP contribution in [-0.4, -0.2) is 43.9 Å². The minimum absolute atomic E-state index is 0. The fourth-order valence-corrected chi connectivity index (χ4v) is 4.15. The van der Waals surface area contributed by atoms with Crippen molar-refractivity contribution in [3.05, 3.63) is 59.7 Å². The van der Waals surface area contributed by atoms with E-state index in [1.807, 2.05) is 18.2 Å². The number of rotatable bonds is 7. The first kappa shape index (κ1) is 22.5. The van der Waals surface area contributed by atoms with Crippen molar-refractivity contribution in [3.63, 3.8) is 0 Å². The van der Waals surface area contributed by atoms with Gasteiger partial charge in [0.15, 0.2) is 11.5 Å². The molecule has 0 radical (unpaired) electrons. The minimum atomic E-state index is -0.135. The van der Waals surface area contributed by atoms with Crippen LogP contribution >= 0.6 is 12.4 Å². The van der Waals surface area contributed by atoms with Crippen molar-refractivity contribution >= 4 is 18.0 Å². The molecular weight excluding hydrogens is 398 g/mol. The van der Waals surface area contributed by atoms with E-state index in [4.69, 9.17) is 14.2 Å².